The number of fused-ring (bicyclic) bond motifs is 1. The lowest BCUT2D eigenvalue weighted by molar-refractivity contribution is -0.119. The van der Waals surface area contributed by atoms with Crippen LogP contribution in [0.1, 0.15) is 18.9 Å². The minimum absolute atomic E-state index is 0.0570. The highest BCUT2D eigenvalue weighted by atomic mass is 32.2. The highest BCUT2D eigenvalue weighted by molar-refractivity contribution is 7.99. The summed E-state index contributed by atoms with van der Waals surface area (Å²) in [5.41, 5.74) is 2.01. The van der Waals surface area contributed by atoms with Crippen molar-refractivity contribution in [2.24, 2.45) is 0 Å². The number of aromatic nitrogens is 2. The van der Waals surface area contributed by atoms with Crippen LogP contribution in [0.5, 0.6) is 11.5 Å². The summed E-state index contributed by atoms with van der Waals surface area (Å²) in [5.74, 6) is 1.89. The molecule has 0 saturated carbocycles. The Balaban J connectivity index is 1.24. The van der Waals surface area contributed by atoms with E-state index in [1.807, 2.05) is 31.2 Å². The highest BCUT2D eigenvalue weighted by Gasteiger charge is 2.17. The predicted molar refractivity (Wildman–Crippen MR) is 109 cm³/mol. The molecule has 2 aromatic carbocycles. The van der Waals surface area contributed by atoms with Gasteiger partial charge >= 0.3 is 0 Å². The van der Waals surface area contributed by atoms with Crippen molar-refractivity contribution in [2.75, 3.05) is 12.5 Å². The van der Waals surface area contributed by atoms with Crippen molar-refractivity contribution in [3.63, 3.8) is 0 Å². The van der Waals surface area contributed by atoms with Crippen molar-refractivity contribution < 1.29 is 18.7 Å². The molecule has 7 nitrogen and oxygen atoms in total. The van der Waals surface area contributed by atoms with Crippen LogP contribution in [0, 0.1) is 0 Å². The van der Waals surface area contributed by atoms with E-state index in [1.165, 1.54) is 17.3 Å². The summed E-state index contributed by atoms with van der Waals surface area (Å²) in [6.07, 6.45) is 1.81. The van der Waals surface area contributed by atoms with Gasteiger partial charge in [0.2, 0.25) is 18.6 Å². The highest BCUT2D eigenvalue weighted by Crippen LogP contribution is 2.35. The maximum Gasteiger partial charge on any atom is 0.277 e. The third-order valence-corrected chi connectivity index (χ3v) is 5.29. The Labute approximate surface area is 172 Å². The second-order valence-electron chi connectivity index (χ2n) is 6.72. The summed E-state index contributed by atoms with van der Waals surface area (Å²) < 4.78 is 16.3. The Morgan fingerprint density at radius 2 is 1.97 bits per heavy atom. The molecule has 29 heavy (non-hydrogen) atoms. The zero-order chi connectivity index (χ0) is 20.1. The standard InChI is InChI=1S/C21H21N3O4S/c1-14(7-8-15-5-3-2-4-6-15)22-19(25)12-29-21-24-23-20(28-21)16-9-10-17-18(11-16)27-13-26-17/h2-6,9-11,14H,7-8,12-13H2,1H3,(H,22,25). The Kier molecular flexibility index (Phi) is 6.00. The zero-order valence-electron chi connectivity index (χ0n) is 16.0. The third-order valence-electron chi connectivity index (χ3n) is 4.47. The molecule has 0 bridgehead atoms. The molecule has 3 aromatic rings. The third kappa shape index (κ3) is 5.08. The molecule has 1 atom stereocenters. The van der Waals surface area contributed by atoms with Gasteiger partial charge in [0.25, 0.3) is 5.22 Å². The summed E-state index contributed by atoms with van der Waals surface area (Å²) in [7, 11) is 0. The van der Waals surface area contributed by atoms with Gasteiger partial charge in [0.15, 0.2) is 11.5 Å². The van der Waals surface area contributed by atoms with E-state index in [0.717, 1.165) is 18.4 Å². The lowest BCUT2D eigenvalue weighted by Crippen LogP contribution is -2.34. The molecule has 1 aromatic heterocycles. The predicted octanol–water partition coefficient (Wildman–Crippen LogP) is 3.69. The number of benzene rings is 2. The van der Waals surface area contributed by atoms with Gasteiger partial charge in [-0.3, -0.25) is 4.79 Å². The lowest BCUT2D eigenvalue weighted by atomic mass is 10.1. The molecule has 2 heterocycles. The molecule has 0 fully saturated rings. The molecular weight excluding hydrogens is 390 g/mol. The number of aryl methyl sites for hydroxylation is 1. The van der Waals surface area contributed by atoms with Gasteiger partial charge in [-0.05, 0) is 43.5 Å². The van der Waals surface area contributed by atoms with Crippen LogP contribution in [0.25, 0.3) is 11.5 Å². The van der Waals surface area contributed by atoms with E-state index >= 15 is 0 Å². The van der Waals surface area contributed by atoms with Crippen LogP contribution < -0.4 is 14.8 Å². The van der Waals surface area contributed by atoms with Gasteiger partial charge in [-0.1, -0.05) is 42.1 Å². The molecule has 4 rings (SSSR count). The van der Waals surface area contributed by atoms with Crippen molar-refractivity contribution in [2.45, 2.75) is 31.0 Å². The topological polar surface area (TPSA) is 86.5 Å². The Hall–Kier alpha value is -3.00. The quantitative estimate of drug-likeness (QED) is 0.566. The van der Waals surface area contributed by atoms with Gasteiger partial charge in [0, 0.05) is 11.6 Å². The van der Waals surface area contributed by atoms with Crippen LogP contribution in [-0.4, -0.2) is 34.7 Å². The first-order valence-electron chi connectivity index (χ1n) is 9.37. The zero-order valence-corrected chi connectivity index (χ0v) is 16.8. The fourth-order valence-corrected chi connectivity index (χ4v) is 3.53. The largest absolute Gasteiger partial charge is 0.454 e. The number of hydrogen-bond acceptors (Lipinski definition) is 7. The van der Waals surface area contributed by atoms with Gasteiger partial charge < -0.3 is 19.2 Å². The first-order valence-corrected chi connectivity index (χ1v) is 10.4. The molecule has 1 aliphatic heterocycles. The number of carbonyl (C=O) groups excluding carboxylic acids is 1. The second kappa shape index (κ2) is 9.00. The van der Waals surface area contributed by atoms with Crippen LogP contribution >= 0.6 is 11.8 Å². The maximum absolute atomic E-state index is 12.2. The fourth-order valence-electron chi connectivity index (χ4n) is 2.96. The Morgan fingerprint density at radius 3 is 2.83 bits per heavy atom. The Bertz CT molecular complexity index is 977. The number of amides is 1. The van der Waals surface area contributed by atoms with Gasteiger partial charge in [-0.25, -0.2) is 0 Å². The van der Waals surface area contributed by atoms with Crippen LogP contribution in [0.4, 0.5) is 0 Å². The van der Waals surface area contributed by atoms with Crippen molar-refractivity contribution >= 4 is 17.7 Å². The molecule has 0 saturated heterocycles. The molecule has 8 heteroatoms. The molecule has 0 radical (unpaired) electrons. The van der Waals surface area contributed by atoms with E-state index in [-0.39, 0.29) is 24.5 Å². The first kappa shape index (κ1) is 19.3. The smallest absolute Gasteiger partial charge is 0.277 e. The fraction of sp³-hybridized carbons (Fsp3) is 0.286. The minimum Gasteiger partial charge on any atom is -0.454 e. The van der Waals surface area contributed by atoms with Crippen LogP contribution in [0.2, 0.25) is 0 Å². The molecule has 1 unspecified atom stereocenters. The van der Waals surface area contributed by atoms with Crippen LogP contribution in [0.3, 0.4) is 0 Å². The summed E-state index contributed by atoms with van der Waals surface area (Å²) in [6, 6.07) is 15.8. The molecule has 0 spiro atoms. The van der Waals surface area contributed by atoms with Crippen molar-refractivity contribution in [1.29, 1.82) is 0 Å². The number of rotatable bonds is 8. The van der Waals surface area contributed by atoms with E-state index in [0.29, 0.717) is 22.6 Å². The molecule has 150 valence electrons. The molecular formula is C21H21N3O4S. The molecule has 1 N–H and O–H groups in total. The number of hydrogen-bond donors (Lipinski definition) is 1. The van der Waals surface area contributed by atoms with Gasteiger partial charge in [0.1, 0.15) is 0 Å². The van der Waals surface area contributed by atoms with Crippen molar-refractivity contribution in [3.05, 3.63) is 54.1 Å². The second-order valence-corrected chi connectivity index (χ2v) is 7.65. The van der Waals surface area contributed by atoms with Gasteiger partial charge in [-0.2, -0.15) is 0 Å². The summed E-state index contributed by atoms with van der Waals surface area (Å²) >= 11 is 1.22. The average Bonchev–Trinajstić information content (AvgIpc) is 3.40. The normalized spacial score (nSPS) is 13.3. The van der Waals surface area contributed by atoms with E-state index in [4.69, 9.17) is 13.9 Å². The number of nitrogens with one attached hydrogen (secondary N) is 1. The monoisotopic (exact) mass is 411 g/mol. The van der Waals surface area contributed by atoms with E-state index in [2.05, 4.69) is 27.6 Å². The number of ether oxygens (including phenoxy) is 2. The summed E-state index contributed by atoms with van der Waals surface area (Å²) in [6.45, 7) is 2.22. The van der Waals surface area contributed by atoms with Gasteiger partial charge in [-0.15, -0.1) is 10.2 Å². The Morgan fingerprint density at radius 1 is 1.14 bits per heavy atom. The van der Waals surface area contributed by atoms with Gasteiger partial charge in [0.05, 0.1) is 5.75 Å². The molecule has 1 amide bonds. The van der Waals surface area contributed by atoms with Crippen molar-refractivity contribution in [1.82, 2.24) is 15.5 Å². The first-order chi connectivity index (χ1) is 14.2. The molecule has 0 aliphatic carbocycles. The van der Waals surface area contributed by atoms with E-state index < -0.39 is 0 Å². The maximum atomic E-state index is 12.2. The van der Waals surface area contributed by atoms with Crippen molar-refractivity contribution in [3.8, 4) is 23.0 Å². The van der Waals surface area contributed by atoms with E-state index in [9.17, 15) is 4.79 Å². The summed E-state index contributed by atoms with van der Waals surface area (Å²) in [5, 5.41) is 11.4. The van der Waals surface area contributed by atoms with E-state index in [1.54, 1.807) is 12.1 Å². The number of thioether (sulfide) groups is 1. The number of nitrogens with zero attached hydrogens (tertiary/aromatic N) is 2. The number of carbonyl (C=O) groups is 1. The average molecular weight is 411 g/mol. The summed E-state index contributed by atoms with van der Waals surface area (Å²) in [4.78, 5) is 12.2. The minimum atomic E-state index is -0.0570. The van der Waals surface area contributed by atoms with Crippen LogP contribution in [0.15, 0.2) is 58.2 Å². The van der Waals surface area contributed by atoms with Crippen LogP contribution in [-0.2, 0) is 11.2 Å². The SMILES string of the molecule is CC(CCc1ccccc1)NC(=O)CSc1nnc(-c2ccc3c(c2)OCO3)o1. The molecule has 1 aliphatic rings. The lowest BCUT2D eigenvalue weighted by Gasteiger charge is -2.13.